The third kappa shape index (κ3) is 2.70. The van der Waals surface area contributed by atoms with Crippen molar-refractivity contribution in [2.45, 2.75) is 24.3 Å². The lowest BCUT2D eigenvalue weighted by Gasteiger charge is -2.32. The Hall–Kier alpha value is -1.44. The normalized spacial score (nSPS) is 20.8. The minimum absolute atomic E-state index is 0.00264. The van der Waals surface area contributed by atoms with Crippen LogP contribution in [0.1, 0.15) is 13.3 Å². The summed E-state index contributed by atoms with van der Waals surface area (Å²) in [7, 11) is -3.91. The van der Waals surface area contributed by atoms with Crippen LogP contribution >= 0.6 is 11.6 Å². The number of carbonyl (C=O) groups is 2. The molecule has 108 valence electrons. The smallest absolute Gasteiger partial charge is 0.245 e. The first kappa shape index (κ1) is 15.0. The molecule has 0 saturated carbocycles. The van der Waals surface area contributed by atoms with Gasteiger partial charge in [-0.05, 0) is 30.7 Å². The Balaban J connectivity index is 2.43. The number of halogens is 1. The highest BCUT2D eigenvalue weighted by Crippen LogP contribution is 2.22. The van der Waals surface area contributed by atoms with Crippen molar-refractivity contribution >= 4 is 33.4 Å². The van der Waals surface area contributed by atoms with E-state index in [-0.39, 0.29) is 17.9 Å². The van der Waals surface area contributed by atoms with Crippen molar-refractivity contribution in [3.8, 4) is 0 Å². The maximum Gasteiger partial charge on any atom is 0.245 e. The zero-order valence-corrected chi connectivity index (χ0v) is 12.2. The molecule has 1 aromatic rings. The van der Waals surface area contributed by atoms with E-state index in [1.165, 1.54) is 24.3 Å². The van der Waals surface area contributed by atoms with Crippen LogP contribution in [-0.2, 0) is 19.6 Å². The van der Waals surface area contributed by atoms with Crippen molar-refractivity contribution < 1.29 is 18.0 Å². The maximum absolute atomic E-state index is 12.5. The summed E-state index contributed by atoms with van der Waals surface area (Å²) in [6.07, 6.45) is 0.284. The number of hydrogen-bond donors (Lipinski definition) is 1. The van der Waals surface area contributed by atoms with Crippen LogP contribution in [0.5, 0.6) is 0 Å². The molecule has 0 bridgehead atoms. The molecule has 1 unspecified atom stereocenters. The van der Waals surface area contributed by atoms with Crippen LogP contribution in [0.2, 0.25) is 5.02 Å². The molecule has 0 aromatic heterocycles. The summed E-state index contributed by atoms with van der Waals surface area (Å²) < 4.78 is 25.9. The summed E-state index contributed by atoms with van der Waals surface area (Å²) in [5.74, 6) is -1.22. The first-order valence-corrected chi connectivity index (χ1v) is 7.79. The molecule has 1 aliphatic rings. The van der Waals surface area contributed by atoms with E-state index in [2.05, 4.69) is 5.32 Å². The van der Waals surface area contributed by atoms with E-state index in [0.717, 1.165) is 4.31 Å². The summed E-state index contributed by atoms with van der Waals surface area (Å²) >= 11 is 5.72. The van der Waals surface area contributed by atoms with Crippen molar-refractivity contribution in [3.05, 3.63) is 29.3 Å². The van der Waals surface area contributed by atoms with Crippen molar-refractivity contribution in [1.82, 2.24) is 9.62 Å². The van der Waals surface area contributed by atoms with Gasteiger partial charge in [-0.15, -0.1) is 0 Å². The van der Waals surface area contributed by atoms with Gasteiger partial charge in [0.2, 0.25) is 21.8 Å². The summed E-state index contributed by atoms with van der Waals surface area (Å²) in [4.78, 5) is 23.1. The molecule has 20 heavy (non-hydrogen) atoms. The molecule has 2 rings (SSSR count). The second-order valence-corrected chi connectivity index (χ2v) is 6.67. The molecule has 1 saturated heterocycles. The molecule has 0 radical (unpaired) electrons. The molecule has 0 aliphatic carbocycles. The molecular formula is C12H13ClN2O4S. The predicted molar refractivity (Wildman–Crippen MR) is 72.6 cm³/mol. The first-order chi connectivity index (χ1) is 9.36. The van der Waals surface area contributed by atoms with Gasteiger partial charge < -0.3 is 0 Å². The fourth-order valence-corrected chi connectivity index (χ4v) is 3.77. The zero-order chi connectivity index (χ0) is 14.9. The number of amides is 2. The fraction of sp³-hybridized carbons (Fsp3) is 0.333. The highest BCUT2D eigenvalue weighted by atomic mass is 35.5. The number of sulfonamides is 1. The first-order valence-electron chi connectivity index (χ1n) is 5.97. The van der Waals surface area contributed by atoms with E-state index in [1.54, 1.807) is 6.92 Å². The minimum atomic E-state index is -3.91. The van der Waals surface area contributed by atoms with Gasteiger partial charge in [0.25, 0.3) is 0 Å². The van der Waals surface area contributed by atoms with Gasteiger partial charge in [-0.3, -0.25) is 14.9 Å². The summed E-state index contributed by atoms with van der Waals surface area (Å²) in [5.41, 5.74) is 0. The molecule has 1 fully saturated rings. The van der Waals surface area contributed by atoms with Gasteiger partial charge in [0.05, 0.1) is 11.4 Å². The van der Waals surface area contributed by atoms with Gasteiger partial charge in [-0.1, -0.05) is 18.5 Å². The molecule has 0 spiro atoms. The number of hydrogen-bond acceptors (Lipinski definition) is 4. The second kappa shape index (κ2) is 5.51. The number of nitrogens with zero attached hydrogens (tertiary/aromatic N) is 1. The highest BCUT2D eigenvalue weighted by Gasteiger charge is 2.40. The lowest BCUT2D eigenvalue weighted by Crippen LogP contribution is -2.59. The largest absolute Gasteiger partial charge is 0.294 e. The molecule has 8 heteroatoms. The average molecular weight is 317 g/mol. The van der Waals surface area contributed by atoms with Crippen molar-refractivity contribution in [3.63, 3.8) is 0 Å². The van der Waals surface area contributed by atoms with Crippen LogP contribution in [0.4, 0.5) is 0 Å². The fourth-order valence-electron chi connectivity index (χ4n) is 2.03. The van der Waals surface area contributed by atoms with Crippen LogP contribution in [-0.4, -0.2) is 37.1 Å². The van der Waals surface area contributed by atoms with Crippen LogP contribution in [0.3, 0.4) is 0 Å². The van der Waals surface area contributed by atoms with Crippen LogP contribution < -0.4 is 5.32 Å². The summed E-state index contributed by atoms with van der Waals surface area (Å²) in [5, 5.41) is 2.54. The van der Waals surface area contributed by atoms with Crippen LogP contribution in [0.15, 0.2) is 29.2 Å². The van der Waals surface area contributed by atoms with E-state index < -0.39 is 27.9 Å². The molecule has 1 atom stereocenters. The average Bonchev–Trinajstić information content (AvgIpc) is 2.38. The Morgan fingerprint density at radius 1 is 1.30 bits per heavy atom. The number of nitrogens with one attached hydrogen (secondary N) is 1. The van der Waals surface area contributed by atoms with Crippen molar-refractivity contribution in [1.29, 1.82) is 0 Å². The molecule has 2 amide bonds. The lowest BCUT2D eigenvalue weighted by atomic mass is 10.2. The van der Waals surface area contributed by atoms with E-state index in [9.17, 15) is 18.0 Å². The number of rotatable bonds is 3. The Morgan fingerprint density at radius 3 is 2.45 bits per heavy atom. The van der Waals surface area contributed by atoms with E-state index in [1.807, 2.05) is 0 Å². The van der Waals surface area contributed by atoms with Crippen molar-refractivity contribution in [2.75, 3.05) is 6.54 Å². The Bertz CT molecular complexity index is 642. The Labute approximate surface area is 121 Å². The number of imide groups is 1. The topological polar surface area (TPSA) is 83.6 Å². The summed E-state index contributed by atoms with van der Waals surface area (Å²) in [6, 6.07) is 4.71. The summed E-state index contributed by atoms with van der Waals surface area (Å²) in [6.45, 7) is 1.32. The molecule has 1 heterocycles. The second-order valence-electron chi connectivity index (χ2n) is 4.34. The van der Waals surface area contributed by atoms with E-state index >= 15 is 0 Å². The Morgan fingerprint density at radius 2 is 1.90 bits per heavy atom. The molecular weight excluding hydrogens is 304 g/mol. The third-order valence-corrected chi connectivity index (χ3v) is 5.14. The Kier molecular flexibility index (Phi) is 4.12. The highest BCUT2D eigenvalue weighted by molar-refractivity contribution is 7.89. The van der Waals surface area contributed by atoms with Gasteiger partial charge >= 0.3 is 0 Å². The number of piperazine rings is 1. The molecule has 1 aromatic carbocycles. The quantitative estimate of drug-likeness (QED) is 0.835. The van der Waals surface area contributed by atoms with Gasteiger partial charge in [-0.2, -0.15) is 4.31 Å². The lowest BCUT2D eigenvalue weighted by molar-refractivity contribution is -0.137. The molecule has 1 aliphatic heterocycles. The van der Waals surface area contributed by atoms with Gasteiger partial charge in [0.1, 0.15) is 6.04 Å². The van der Waals surface area contributed by atoms with Crippen LogP contribution in [0.25, 0.3) is 0 Å². The standard InChI is InChI=1S/C12H13ClN2O4S/c1-2-10-12(17)14-11(16)7-15(10)20(18,19)9-5-3-8(13)4-6-9/h3-6,10H,2,7H2,1H3,(H,14,16,17). The monoisotopic (exact) mass is 316 g/mol. The third-order valence-electron chi connectivity index (χ3n) is 3.02. The zero-order valence-electron chi connectivity index (χ0n) is 10.7. The number of carbonyl (C=O) groups excluding carboxylic acids is 2. The maximum atomic E-state index is 12.5. The molecule has 1 N–H and O–H groups in total. The minimum Gasteiger partial charge on any atom is -0.294 e. The van der Waals surface area contributed by atoms with Gasteiger partial charge in [0.15, 0.2) is 0 Å². The SMILES string of the molecule is CCC1C(=O)NC(=O)CN1S(=O)(=O)c1ccc(Cl)cc1. The predicted octanol–water partition coefficient (Wildman–Crippen LogP) is 0.766. The van der Waals surface area contributed by atoms with E-state index in [4.69, 9.17) is 11.6 Å². The molecule has 6 nitrogen and oxygen atoms in total. The van der Waals surface area contributed by atoms with Crippen molar-refractivity contribution in [2.24, 2.45) is 0 Å². The van der Waals surface area contributed by atoms with Crippen LogP contribution in [0, 0.1) is 0 Å². The van der Waals surface area contributed by atoms with E-state index in [0.29, 0.717) is 5.02 Å². The van der Waals surface area contributed by atoms with Gasteiger partial charge in [-0.25, -0.2) is 8.42 Å². The van der Waals surface area contributed by atoms with Gasteiger partial charge in [0, 0.05) is 5.02 Å². The number of benzene rings is 1.